The zero-order chi connectivity index (χ0) is 12.5. The minimum absolute atomic E-state index is 0.634. The Morgan fingerprint density at radius 2 is 2.06 bits per heavy atom. The number of aryl methyl sites for hydroxylation is 1. The molecule has 0 saturated heterocycles. The number of nitrogens with zero attached hydrogens (tertiary/aromatic N) is 3. The molecule has 0 unspecified atom stereocenters. The average molecular weight is 263 g/mol. The molecule has 4 nitrogen and oxygen atoms in total. The number of hydrogen-bond acceptors (Lipinski definition) is 3. The molecule has 0 atom stereocenters. The summed E-state index contributed by atoms with van der Waals surface area (Å²) in [6.07, 6.45) is 4.55. The van der Waals surface area contributed by atoms with E-state index in [0.29, 0.717) is 10.7 Å². The minimum Gasteiger partial charge on any atom is -0.398 e. The van der Waals surface area contributed by atoms with Crippen LogP contribution in [0.3, 0.4) is 0 Å². The van der Waals surface area contributed by atoms with Gasteiger partial charge in [-0.15, -0.1) is 10.2 Å². The summed E-state index contributed by atoms with van der Waals surface area (Å²) in [6, 6.07) is 5.53. The van der Waals surface area contributed by atoms with Gasteiger partial charge in [0.15, 0.2) is 5.82 Å². The molecule has 5 heteroatoms. The Balaban J connectivity index is 2.15. The molecule has 18 heavy (non-hydrogen) atoms. The summed E-state index contributed by atoms with van der Waals surface area (Å²) in [5, 5.41) is 9.19. The van der Waals surface area contributed by atoms with Crippen molar-refractivity contribution in [2.75, 3.05) is 5.73 Å². The maximum Gasteiger partial charge on any atom is 0.167 e. The summed E-state index contributed by atoms with van der Waals surface area (Å²) in [7, 11) is 0. The zero-order valence-corrected chi connectivity index (χ0v) is 10.8. The van der Waals surface area contributed by atoms with Crippen LogP contribution in [0.2, 0.25) is 5.02 Å². The van der Waals surface area contributed by atoms with E-state index in [-0.39, 0.29) is 0 Å². The topological polar surface area (TPSA) is 56.7 Å². The van der Waals surface area contributed by atoms with Crippen LogP contribution >= 0.6 is 11.6 Å². The van der Waals surface area contributed by atoms with Crippen molar-refractivity contribution in [1.82, 2.24) is 14.8 Å². The zero-order valence-electron chi connectivity index (χ0n) is 10.1. The van der Waals surface area contributed by atoms with Crippen molar-refractivity contribution in [3.63, 3.8) is 0 Å². The molecule has 0 spiro atoms. The van der Waals surface area contributed by atoms with Gasteiger partial charge in [-0.25, -0.2) is 0 Å². The third-order valence-electron chi connectivity index (χ3n) is 3.38. The summed E-state index contributed by atoms with van der Waals surface area (Å²) in [6.45, 7) is 0.947. The van der Waals surface area contributed by atoms with Crippen molar-refractivity contribution in [3.8, 4) is 11.4 Å². The van der Waals surface area contributed by atoms with Gasteiger partial charge in [-0.2, -0.15) is 0 Å². The van der Waals surface area contributed by atoms with Crippen LogP contribution in [0.25, 0.3) is 11.4 Å². The number of aromatic nitrogens is 3. The molecule has 0 radical (unpaired) electrons. The van der Waals surface area contributed by atoms with E-state index in [1.807, 2.05) is 18.2 Å². The van der Waals surface area contributed by atoms with E-state index in [0.717, 1.165) is 36.6 Å². The highest BCUT2D eigenvalue weighted by Crippen LogP contribution is 2.33. The van der Waals surface area contributed by atoms with Crippen LogP contribution in [-0.2, 0) is 13.0 Å². The van der Waals surface area contributed by atoms with Gasteiger partial charge in [0.1, 0.15) is 5.82 Å². The van der Waals surface area contributed by atoms with E-state index in [1.54, 1.807) is 0 Å². The fourth-order valence-corrected chi connectivity index (χ4v) is 2.71. The fourth-order valence-electron chi connectivity index (χ4n) is 2.45. The van der Waals surface area contributed by atoms with E-state index in [1.165, 1.54) is 12.8 Å². The van der Waals surface area contributed by atoms with Gasteiger partial charge in [0.25, 0.3) is 0 Å². The van der Waals surface area contributed by atoms with Crippen molar-refractivity contribution >= 4 is 17.3 Å². The lowest BCUT2D eigenvalue weighted by molar-refractivity contribution is 0.637. The molecule has 2 heterocycles. The van der Waals surface area contributed by atoms with Crippen LogP contribution in [0.1, 0.15) is 25.1 Å². The number of nitrogens with two attached hydrogens (primary N) is 1. The van der Waals surface area contributed by atoms with Gasteiger partial charge in [-0.1, -0.05) is 24.1 Å². The Labute approximate surface area is 111 Å². The largest absolute Gasteiger partial charge is 0.398 e. The number of hydrogen-bond donors (Lipinski definition) is 1. The third-order valence-corrected chi connectivity index (χ3v) is 3.69. The normalized spacial score (nSPS) is 15.2. The van der Waals surface area contributed by atoms with Crippen molar-refractivity contribution < 1.29 is 0 Å². The molecule has 1 aromatic heterocycles. The van der Waals surface area contributed by atoms with Crippen LogP contribution in [-0.4, -0.2) is 14.8 Å². The number of nitrogen functional groups attached to an aromatic ring is 1. The lowest BCUT2D eigenvalue weighted by Crippen LogP contribution is -2.04. The number of anilines is 1. The first-order chi connectivity index (χ1) is 8.77. The van der Waals surface area contributed by atoms with Crippen LogP contribution in [0.4, 0.5) is 5.69 Å². The first kappa shape index (κ1) is 11.5. The molecule has 1 aromatic carbocycles. The molecule has 2 aromatic rings. The Morgan fingerprint density at radius 1 is 1.17 bits per heavy atom. The summed E-state index contributed by atoms with van der Waals surface area (Å²) in [5.74, 6) is 1.84. The number of benzene rings is 1. The Morgan fingerprint density at radius 3 is 2.89 bits per heavy atom. The van der Waals surface area contributed by atoms with Crippen molar-refractivity contribution in [1.29, 1.82) is 0 Å². The van der Waals surface area contributed by atoms with E-state index >= 15 is 0 Å². The highest BCUT2D eigenvalue weighted by molar-refractivity contribution is 6.33. The van der Waals surface area contributed by atoms with Crippen LogP contribution < -0.4 is 5.73 Å². The van der Waals surface area contributed by atoms with E-state index in [4.69, 9.17) is 17.3 Å². The molecule has 1 aliphatic rings. The first-order valence-corrected chi connectivity index (χ1v) is 6.61. The van der Waals surface area contributed by atoms with Crippen LogP contribution in [0, 0.1) is 0 Å². The maximum absolute atomic E-state index is 6.24. The second kappa shape index (κ2) is 4.61. The lowest BCUT2D eigenvalue weighted by atomic mass is 10.1. The van der Waals surface area contributed by atoms with Gasteiger partial charge in [-0.3, -0.25) is 0 Å². The van der Waals surface area contributed by atoms with Gasteiger partial charge >= 0.3 is 0 Å². The second-order valence-electron chi connectivity index (χ2n) is 4.61. The molecule has 0 bridgehead atoms. The molecular weight excluding hydrogens is 248 g/mol. The molecule has 2 N–H and O–H groups in total. The number of fused-ring (bicyclic) bond motifs is 1. The molecule has 1 aliphatic heterocycles. The summed E-state index contributed by atoms with van der Waals surface area (Å²) < 4.78 is 2.16. The molecule has 0 aliphatic carbocycles. The number of halogens is 1. The van der Waals surface area contributed by atoms with Gasteiger partial charge in [0.05, 0.1) is 10.6 Å². The molecule has 0 fully saturated rings. The maximum atomic E-state index is 6.24. The van der Waals surface area contributed by atoms with Gasteiger partial charge in [-0.05, 0) is 25.0 Å². The molecule has 0 saturated carbocycles. The second-order valence-corrected chi connectivity index (χ2v) is 5.01. The van der Waals surface area contributed by atoms with Crippen LogP contribution in [0.5, 0.6) is 0 Å². The van der Waals surface area contributed by atoms with Crippen LogP contribution in [0.15, 0.2) is 18.2 Å². The summed E-state index contributed by atoms with van der Waals surface area (Å²) in [4.78, 5) is 0. The highest BCUT2D eigenvalue weighted by Gasteiger charge is 2.19. The number of rotatable bonds is 1. The highest BCUT2D eigenvalue weighted by atomic mass is 35.5. The van der Waals surface area contributed by atoms with Gasteiger partial charge < -0.3 is 10.3 Å². The van der Waals surface area contributed by atoms with Gasteiger partial charge in [0.2, 0.25) is 0 Å². The Hall–Kier alpha value is -1.55. The fraction of sp³-hybridized carbons (Fsp3) is 0.385. The molecule has 3 rings (SSSR count). The van der Waals surface area contributed by atoms with Crippen molar-refractivity contribution in [2.24, 2.45) is 0 Å². The monoisotopic (exact) mass is 262 g/mol. The van der Waals surface area contributed by atoms with Gasteiger partial charge in [0, 0.05) is 18.7 Å². The summed E-state index contributed by atoms with van der Waals surface area (Å²) >= 11 is 6.24. The smallest absolute Gasteiger partial charge is 0.167 e. The standard InChI is InChI=1S/C13H15ClN4/c14-9-5-4-6-10(15)12(9)13-17-16-11-7-2-1-3-8-18(11)13/h4-6H,1-3,7-8,15H2. The van der Waals surface area contributed by atoms with Crippen molar-refractivity contribution in [2.45, 2.75) is 32.2 Å². The third kappa shape index (κ3) is 1.86. The first-order valence-electron chi connectivity index (χ1n) is 6.24. The van der Waals surface area contributed by atoms with E-state index in [2.05, 4.69) is 14.8 Å². The quantitative estimate of drug-likeness (QED) is 0.804. The Kier molecular flexibility index (Phi) is 2.96. The molecule has 0 amide bonds. The van der Waals surface area contributed by atoms with E-state index in [9.17, 15) is 0 Å². The predicted molar refractivity (Wildman–Crippen MR) is 72.4 cm³/mol. The molecule has 94 valence electrons. The Bertz CT molecular complexity index is 556. The summed E-state index contributed by atoms with van der Waals surface area (Å²) in [5.41, 5.74) is 7.48. The minimum atomic E-state index is 0.634. The van der Waals surface area contributed by atoms with E-state index < -0.39 is 0 Å². The SMILES string of the molecule is Nc1cccc(Cl)c1-c1nnc2n1CCCCC2. The van der Waals surface area contributed by atoms with Crippen molar-refractivity contribution in [3.05, 3.63) is 29.0 Å². The average Bonchev–Trinajstić information content (AvgIpc) is 2.59. The predicted octanol–water partition coefficient (Wildman–Crippen LogP) is 2.91. The molecular formula is C13H15ClN4. The lowest BCUT2D eigenvalue weighted by Gasteiger charge is -2.10.